The largest absolute Gasteiger partial charge is 0.340 e. The van der Waals surface area contributed by atoms with Crippen molar-refractivity contribution in [1.29, 1.82) is 0 Å². The molecule has 2 aliphatic heterocycles. The zero-order valence-corrected chi connectivity index (χ0v) is 19.9. The summed E-state index contributed by atoms with van der Waals surface area (Å²) in [5.41, 5.74) is 2.61. The Balaban J connectivity index is 1.22. The van der Waals surface area contributed by atoms with Crippen molar-refractivity contribution in [3.05, 3.63) is 59.2 Å². The average molecular weight is 450 g/mol. The molecule has 0 radical (unpaired) electrons. The Labute approximate surface area is 196 Å². The van der Waals surface area contributed by atoms with Crippen molar-refractivity contribution >= 4 is 11.8 Å². The van der Waals surface area contributed by atoms with E-state index in [1.54, 1.807) is 6.07 Å². The fraction of sp³-hybridized carbons (Fsp3) is 0.538. The summed E-state index contributed by atoms with van der Waals surface area (Å²) < 4.78 is 0. The number of aryl methyl sites for hydroxylation is 2. The van der Waals surface area contributed by atoms with Gasteiger partial charge in [-0.05, 0) is 50.7 Å². The van der Waals surface area contributed by atoms with Crippen LogP contribution in [0.1, 0.15) is 53.3 Å². The standard InChI is InChI=1S/C26H35N5O2/c1-20-17-24(28-21(2)27-20)26(33)31-12-6-9-23(19-31)10-11-25(32)30-15-13-29(14-16-30)18-22-7-4-3-5-8-22/h3-5,7-8,17,23H,6,9-16,18-19H2,1-2H3/t23-/m0/s1. The lowest BCUT2D eigenvalue weighted by atomic mass is 9.93. The third-order valence-electron chi connectivity index (χ3n) is 6.73. The maximum atomic E-state index is 13.0. The van der Waals surface area contributed by atoms with E-state index in [4.69, 9.17) is 0 Å². The van der Waals surface area contributed by atoms with Gasteiger partial charge in [0.1, 0.15) is 11.5 Å². The van der Waals surface area contributed by atoms with Gasteiger partial charge in [-0.1, -0.05) is 30.3 Å². The summed E-state index contributed by atoms with van der Waals surface area (Å²) in [6.45, 7) is 9.55. The normalized spacial score (nSPS) is 19.5. The summed E-state index contributed by atoms with van der Waals surface area (Å²) in [4.78, 5) is 40.7. The van der Waals surface area contributed by atoms with E-state index in [1.165, 1.54) is 5.56 Å². The molecule has 4 rings (SSSR count). The molecule has 7 heteroatoms. The lowest BCUT2D eigenvalue weighted by molar-refractivity contribution is -0.133. The predicted molar refractivity (Wildman–Crippen MR) is 128 cm³/mol. The van der Waals surface area contributed by atoms with Crippen LogP contribution in [0.4, 0.5) is 0 Å². The first-order chi connectivity index (χ1) is 16.0. The van der Waals surface area contributed by atoms with Crippen LogP contribution in [-0.4, -0.2) is 75.8 Å². The van der Waals surface area contributed by atoms with E-state index in [-0.39, 0.29) is 11.8 Å². The molecule has 2 amide bonds. The number of piperazine rings is 1. The van der Waals surface area contributed by atoms with Crippen LogP contribution < -0.4 is 0 Å². The topological polar surface area (TPSA) is 69.6 Å². The second-order valence-corrected chi connectivity index (χ2v) is 9.38. The van der Waals surface area contributed by atoms with Crippen molar-refractivity contribution in [3.8, 4) is 0 Å². The smallest absolute Gasteiger partial charge is 0.272 e. The number of hydrogen-bond donors (Lipinski definition) is 0. The molecule has 2 saturated heterocycles. The quantitative estimate of drug-likeness (QED) is 0.678. The Morgan fingerprint density at radius 3 is 2.45 bits per heavy atom. The summed E-state index contributed by atoms with van der Waals surface area (Å²) in [5, 5.41) is 0. The molecule has 1 aromatic carbocycles. The molecule has 0 unspecified atom stereocenters. The number of likely N-dealkylation sites (tertiary alicyclic amines) is 1. The second kappa shape index (κ2) is 10.9. The molecule has 0 bridgehead atoms. The number of carbonyl (C=O) groups excluding carboxylic acids is 2. The highest BCUT2D eigenvalue weighted by molar-refractivity contribution is 5.92. The van der Waals surface area contributed by atoms with Crippen molar-refractivity contribution < 1.29 is 9.59 Å². The van der Waals surface area contributed by atoms with Gasteiger partial charge in [0, 0.05) is 57.9 Å². The minimum absolute atomic E-state index is 0.0193. The van der Waals surface area contributed by atoms with Crippen LogP contribution in [0.2, 0.25) is 0 Å². The first kappa shape index (κ1) is 23.4. The van der Waals surface area contributed by atoms with Crippen LogP contribution in [0.15, 0.2) is 36.4 Å². The number of amides is 2. The van der Waals surface area contributed by atoms with E-state index in [9.17, 15) is 9.59 Å². The average Bonchev–Trinajstić information content (AvgIpc) is 2.83. The maximum Gasteiger partial charge on any atom is 0.272 e. The van der Waals surface area contributed by atoms with Crippen LogP contribution in [0.25, 0.3) is 0 Å². The van der Waals surface area contributed by atoms with Gasteiger partial charge in [0.05, 0.1) is 0 Å². The molecular weight excluding hydrogens is 414 g/mol. The van der Waals surface area contributed by atoms with Crippen molar-refractivity contribution in [2.75, 3.05) is 39.3 Å². The van der Waals surface area contributed by atoms with Crippen molar-refractivity contribution in [3.63, 3.8) is 0 Å². The van der Waals surface area contributed by atoms with Crippen molar-refractivity contribution in [1.82, 2.24) is 24.7 Å². The van der Waals surface area contributed by atoms with Gasteiger partial charge >= 0.3 is 0 Å². The number of nitrogens with zero attached hydrogens (tertiary/aromatic N) is 5. The molecule has 1 aromatic heterocycles. The molecule has 0 saturated carbocycles. The number of carbonyl (C=O) groups is 2. The molecule has 33 heavy (non-hydrogen) atoms. The zero-order chi connectivity index (χ0) is 23.2. The number of piperidine rings is 1. The fourth-order valence-electron chi connectivity index (χ4n) is 4.96. The molecule has 1 atom stereocenters. The molecule has 0 N–H and O–H groups in total. The Kier molecular flexibility index (Phi) is 7.70. The van der Waals surface area contributed by atoms with Gasteiger partial charge in [-0.2, -0.15) is 0 Å². The lowest BCUT2D eigenvalue weighted by Crippen LogP contribution is -2.48. The molecule has 2 aliphatic rings. The summed E-state index contributed by atoms with van der Waals surface area (Å²) in [6, 6.07) is 12.3. The minimum Gasteiger partial charge on any atom is -0.340 e. The van der Waals surface area contributed by atoms with Gasteiger partial charge in [-0.3, -0.25) is 14.5 Å². The second-order valence-electron chi connectivity index (χ2n) is 9.38. The third kappa shape index (κ3) is 6.38. The van der Waals surface area contributed by atoms with Crippen molar-refractivity contribution in [2.45, 2.75) is 46.1 Å². The molecule has 0 spiro atoms. The van der Waals surface area contributed by atoms with Gasteiger partial charge in [-0.25, -0.2) is 9.97 Å². The van der Waals surface area contributed by atoms with Gasteiger partial charge in [0.2, 0.25) is 5.91 Å². The van der Waals surface area contributed by atoms with E-state index in [0.29, 0.717) is 30.4 Å². The monoisotopic (exact) mass is 449 g/mol. The Bertz CT molecular complexity index is 936. The van der Waals surface area contributed by atoms with Crippen LogP contribution in [0.5, 0.6) is 0 Å². The number of rotatable bonds is 6. The van der Waals surface area contributed by atoms with Crippen LogP contribution in [0.3, 0.4) is 0 Å². The maximum absolute atomic E-state index is 13.0. The van der Waals surface area contributed by atoms with Gasteiger partial charge in [0.15, 0.2) is 0 Å². The summed E-state index contributed by atoms with van der Waals surface area (Å²) in [7, 11) is 0. The number of aromatic nitrogens is 2. The third-order valence-corrected chi connectivity index (χ3v) is 6.73. The summed E-state index contributed by atoms with van der Waals surface area (Å²) >= 11 is 0. The van der Waals surface area contributed by atoms with Gasteiger partial charge < -0.3 is 9.80 Å². The van der Waals surface area contributed by atoms with Gasteiger partial charge in [-0.15, -0.1) is 0 Å². The highest BCUT2D eigenvalue weighted by Gasteiger charge is 2.27. The molecule has 2 fully saturated rings. The fourth-order valence-corrected chi connectivity index (χ4v) is 4.96. The predicted octanol–water partition coefficient (Wildman–Crippen LogP) is 3.07. The molecule has 0 aliphatic carbocycles. The van der Waals surface area contributed by atoms with E-state index in [2.05, 4.69) is 39.1 Å². The first-order valence-corrected chi connectivity index (χ1v) is 12.1. The minimum atomic E-state index is -0.0193. The summed E-state index contributed by atoms with van der Waals surface area (Å²) in [5.74, 6) is 1.23. The molecule has 176 valence electrons. The lowest BCUT2D eigenvalue weighted by Gasteiger charge is -2.36. The SMILES string of the molecule is Cc1cc(C(=O)N2CCC[C@@H](CCC(=O)N3CCN(Cc4ccccc4)CC3)C2)nc(C)n1. The van der Waals surface area contributed by atoms with E-state index < -0.39 is 0 Å². The molecule has 3 heterocycles. The summed E-state index contributed by atoms with van der Waals surface area (Å²) in [6.07, 6.45) is 3.46. The highest BCUT2D eigenvalue weighted by atomic mass is 16.2. The molecular formula is C26H35N5O2. The number of benzene rings is 1. The Morgan fingerprint density at radius 1 is 0.970 bits per heavy atom. The number of hydrogen-bond acceptors (Lipinski definition) is 5. The van der Waals surface area contributed by atoms with Crippen LogP contribution in [-0.2, 0) is 11.3 Å². The highest BCUT2D eigenvalue weighted by Crippen LogP contribution is 2.23. The van der Waals surface area contributed by atoms with Crippen LogP contribution >= 0.6 is 0 Å². The van der Waals surface area contributed by atoms with Gasteiger partial charge in [0.25, 0.3) is 5.91 Å². The zero-order valence-electron chi connectivity index (χ0n) is 19.9. The van der Waals surface area contributed by atoms with E-state index in [1.807, 2.05) is 29.7 Å². The molecule has 7 nitrogen and oxygen atoms in total. The van der Waals surface area contributed by atoms with E-state index >= 15 is 0 Å². The first-order valence-electron chi connectivity index (χ1n) is 12.1. The van der Waals surface area contributed by atoms with Crippen LogP contribution in [0, 0.1) is 19.8 Å². The molecule has 2 aromatic rings. The van der Waals surface area contributed by atoms with Crippen molar-refractivity contribution in [2.24, 2.45) is 5.92 Å². The Hall–Kier alpha value is -2.80. The Morgan fingerprint density at radius 2 is 1.73 bits per heavy atom. The van der Waals surface area contributed by atoms with E-state index in [0.717, 1.165) is 64.2 Å².